The Balaban J connectivity index is 2.72. The van der Waals surface area contributed by atoms with Gasteiger partial charge in [0.1, 0.15) is 5.82 Å². The summed E-state index contributed by atoms with van der Waals surface area (Å²) < 4.78 is 0. The number of rotatable bonds is 4. The number of pyridine rings is 1. The Hall–Kier alpha value is -1.13. The van der Waals surface area contributed by atoms with Crippen molar-refractivity contribution in [3.63, 3.8) is 0 Å². The van der Waals surface area contributed by atoms with Crippen molar-refractivity contribution >= 4 is 5.82 Å². The highest BCUT2D eigenvalue weighted by Crippen LogP contribution is 2.14. The van der Waals surface area contributed by atoms with Crippen molar-refractivity contribution in [2.24, 2.45) is 0 Å². The molecule has 4 nitrogen and oxygen atoms in total. The molecule has 1 aromatic heterocycles. The summed E-state index contributed by atoms with van der Waals surface area (Å²) in [4.78, 5) is 6.03. The lowest BCUT2D eigenvalue weighted by Gasteiger charge is -2.16. The summed E-state index contributed by atoms with van der Waals surface area (Å²) >= 11 is 0. The Bertz CT molecular complexity index is 272. The highest BCUT2D eigenvalue weighted by atomic mass is 16.3. The van der Waals surface area contributed by atoms with Gasteiger partial charge in [0.15, 0.2) is 0 Å². The van der Waals surface area contributed by atoms with Gasteiger partial charge in [0.2, 0.25) is 0 Å². The number of nitrogens with zero attached hydrogens (tertiary/aromatic N) is 2. The zero-order chi connectivity index (χ0) is 10.6. The molecule has 0 fully saturated rings. The average Bonchev–Trinajstić information content (AvgIpc) is 2.18. The molecular formula is C10H16N2O2. The van der Waals surface area contributed by atoms with Crippen LogP contribution >= 0.6 is 0 Å². The quantitative estimate of drug-likeness (QED) is 0.739. The van der Waals surface area contributed by atoms with Crippen LogP contribution in [0.5, 0.6) is 0 Å². The van der Waals surface area contributed by atoms with Crippen molar-refractivity contribution < 1.29 is 10.2 Å². The molecule has 0 saturated heterocycles. The van der Waals surface area contributed by atoms with Gasteiger partial charge < -0.3 is 15.1 Å². The molecule has 0 aliphatic carbocycles. The molecule has 4 heteroatoms. The zero-order valence-electron chi connectivity index (χ0n) is 8.51. The monoisotopic (exact) mass is 196 g/mol. The maximum absolute atomic E-state index is 9.26. The van der Waals surface area contributed by atoms with Crippen molar-refractivity contribution in [2.75, 3.05) is 25.1 Å². The Labute approximate surface area is 83.8 Å². The van der Waals surface area contributed by atoms with Crippen molar-refractivity contribution in [1.82, 2.24) is 4.98 Å². The van der Waals surface area contributed by atoms with Crippen LogP contribution in [-0.2, 0) is 0 Å². The molecule has 0 amide bonds. The lowest BCUT2D eigenvalue weighted by atomic mass is 10.2. The summed E-state index contributed by atoms with van der Waals surface area (Å²) in [7, 11) is 1.86. The van der Waals surface area contributed by atoms with Gasteiger partial charge in [0.25, 0.3) is 0 Å². The van der Waals surface area contributed by atoms with Crippen molar-refractivity contribution in [1.29, 1.82) is 0 Å². The van der Waals surface area contributed by atoms with Crippen LogP contribution in [0.1, 0.15) is 18.6 Å². The fourth-order valence-electron chi connectivity index (χ4n) is 1.13. The molecule has 1 atom stereocenters. The van der Waals surface area contributed by atoms with E-state index in [9.17, 15) is 5.11 Å². The van der Waals surface area contributed by atoms with Gasteiger partial charge in [-0.05, 0) is 18.6 Å². The third-order valence-electron chi connectivity index (χ3n) is 2.08. The number of aliphatic hydroxyl groups is 2. The number of hydrogen-bond donors (Lipinski definition) is 2. The molecule has 0 radical (unpaired) electrons. The van der Waals surface area contributed by atoms with E-state index in [1.54, 1.807) is 13.1 Å². The summed E-state index contributed by atoms with van der Waals surface area (Å²) in [6.07, 6.45) is 1.16. The van der Waals surface area contributed by atoms with E-state index in [0.29, 0.717) is 6.54 Å². The van der Waals surface area contributed by atoms with Gasteiger partial charge >= 0.3 is 0 Å². The molecule has 2 N–H and O–H groups in total. The zero-order valence-corrected chi connectivity index (χ0v) is 8.51. The molecule has 0 aromatic carbocycles. The van der Waals surface area contributed by atoms with E-state index in [1.165, 1.54) is 0 Å². The van der Waals surface area contributed by atoms with E-state index >= 15 is 0 Å². The van der Waals surface area contributed by atoms with Crippen LogP contribution in [0, 0.1) is 0 Å². The van der Waals surface area contributed by atoms with E-state index in [1.807, 2.05) is 24.1 Å². The number of hydrogen-bond acceptors (Lipinski definition) is 4. The minimum absolute atomic E-state index is 0.107. The van der Waals surface area contributed by atoms with Crippen LogP contribution in [0.25, 0.3) is 0 Å². The highest BCUT2D eigenvalue weighted by Gasteiger charge is 2.03. The Morgan fingerprint density at radius 3 is 2.64 bits per heavy atom. The van der Waals surface area contributed by atoms with E-state index in [-0.39, 0.29) is 6.61 Å². The number of aromatic nitrogens is 1. The standard InChI is InChI=1S/C10H16N2O2/c1-8(14)9-3-4-10(11-7-9)12(2)5-6-13/h3-4,7-8,13-14H,5-6H2,1-2H3. The van der Waals surface area contributed by atoms with Gasteiger partial charge in [-0.2, -0.15) is 0 Å². The van der Waals surface area contributed by atoms with Crippen LogP contribution in [0.3, 0.4) is 0 Å². The van der Waals surface area contributed by atoms with E-state index in [2.05, 4.69) is 4.98 Å². The van der Waals surface area contributed by atoms with Gasteiger partial charge in [-0.25, -0.2) is 4.98 Å². The summed E-state index contributed by atoms with van der Waals surface area (Å²) in [5, 5.41) is 18.0. The first kappa shape index (κ1) is 10.9. The van der Waals surface area contributed by atoms with Crippen LogP contribution in [0.15, 0.2) is 18.3 Å². The van der Waals surface area contributed by atoms with Crippen LogP contribution in [-0.4, -0.2) is 35.4 Å². The first-order valence-electron chi connectivity index (χ1n) is 4.61. The normalized spacial score (nSPS) is 12.6. The van der Waals surface area contributed by atoms with Gasteiger partial charge in [0, 0.05) is 19.8 Å². The molecule has 0 spiro atoms. The lowest BCUT2D eigenvalue weighted by Crippen LogP contribution is -2.22. The minimum atomic E-state index is -0.486. The maximum Gasteiger partial charge on any atom is 0.128 e. The van der Waals surface area contributed by atoms with E-state index in [4.69, 9.17) is 5.11 Å². The predicted molar refractivity (Wildman–Crippen MR) is 55.2 cm³/mol. The van der Waals surface area contributed by atoms with Gasteiger partial charge in [0.05, 0.1) is 12.7 Å². The Morgan fingerprint density at radius 2 is 2.21 bits per heavy atom. The second kappa shape index (κ2) is 4.93. The van der Waals surface area contributed by atoms with Gasteiger partial charge in [-0.15, -0.1) is 0 Å². The summed E-state index contributed by atoms with van der Waals surface area (Å²) in [5.41, 5.74) is 0.797. The third kappa shape index (κ3) is 2.68. The molecule has 78 valence electrons. The van der Waals surface area contributed by atoms with Gasteiger partial charge in [-0.3, -0.25) is 0 Å². The molecular weight excluding hydrogens is 180 g/mol. The maximum atomic E-state index is 9.26. The molecule has 1 unspecified atom stereocenters. The van der Waals surface area contributed by atoms with Crippen molar-refractivity contribution in [3.8, 4) is 0 Å². The Kier molecular flexibility index (Phi) is 3.85. The van der Waals surface area contributed by atoms with Crippen LogP contribution < -0.4 is 4.90 Å². The van der Waals surface area contributed by atoms with E-state index in [0.717, 1.165) is 11.4 Å². The second-order valence-corrected chi connectivity index (χ2v) is 3.27. The lowest BCUT2D eigenvalue weighted by molar-refractivity contribution is 0.199. The fourth-order valence-corrected chi connectivity index (χ4v) is 1.13. The molecule has 0 aliphatic rings. The topological polar surface area (TPSA) is 56.6 Å². The van der Waals surface area contributed by atoms with Crippen LogP contribution in [0.4, 0.5) is 5.82 Å². The van der Waals surface area contributed by atoms with Gasteiger partial charge in [-0.1, -0.05) is 6.07 Å². The SMILES string of the molecule is CC(O)c1ccc(N(C)CCO)nc1. The predicted octanol–water partition coefficient (Wildman–Crippen LogP) is 0.563. The molecule has 1 rings (SSSR count). The molecule has 1 aromatic rings. The third-order valence-corrected chi connectivity index (χ3v) is 2.08. The van der Waals surface area contributed by atoms with Crippen molar-refractivity contribution in [2.45, 2.75) is 13.0 Å². The number of aliphatic hydroxyl groups excluding tert-OH is 2. The van der Waals surface area contributed by atoms with Crippen LogP contribution in [0.2, 0.25) is 0 Å². The first-order valence-corrected chi connectivity index (χ1v) is 4.61. The summed E-state index contributed by atoms with van der Waals surface area (Å²) in [6, 6.07) is 3.67. The molecule has 0 saturated carbocycles. The largest absolute Gasteiger partial charge is 0.395 e. The molecule has 14 heavy (non-hydrogen) atoms. The number of anilines is 1. The second-order valence-electron chi connectivity index (χ2n) is 3.27. The Morgan fingerprint density at radius 1 is 1.50 bits per heavy atom. The molecule has 1 heterocycles. The summed E-state index contributed by atoms with van der Waals surface area (Å²) in [5.74, 6) is 0.795. The average molecular weight is 196 g/mol. The van der Waals surface area contributed by atoms with Crippen molar-refractivity contribution in [3.05, 3.63) is 23.9 Å². The molecule has 0 bridgehead atoms. The first-order chi connectivity index (χ1) is 6.65. The fraction of sp³-hybridized carbons (Fsp3) is 0.500. The highest BCUT2D eigenvalue weighted by molar-refractivity contribution is 5.38. The number of likely N-dealkylation sites (N-methyl/N-ethyl adjacent to an activating group) is 1. The molecule has 0 aliphatic heterocycles. The minimum Gasteiger partial charge on any atom is -0.395 e. The van der Waals surface area contributed by atoms with E-state index < -0.39 is 6.10 Å². The summed E-state index contributed by atoms with van der Waals surface area (Å²) in [6.45, 7) is 2.37. The smallest absolute Gasteiger partial charge is 0.128 e.